The topological polar surface area (TPSA) is 24.5 Å². The SMILES string of the molecule is CNCCCC1Cc2ccccc2N1CC1CCOCC1. The Kier molecular flexibility index (Phi) is 5.15. The molecule has 2 heterocycles. The maximum absolute atomic E-state index is 5.51. The predicted octanol–water partition coefficient (Wildman–Crippen LogP) is 2.84. The van der Waals surface area contributed by atoms with Gasteiger partial charge in [0.15, 0.2) is 0 Å². The van der Waals surface area contributed by atoms with Gasteiger partial charge in [0, 0.05) is 31.5 Å². The minimum atomic E-state index is 0.693. The van der Waals surface area contributed by atoms with E-state index < -0.39 is 0 Å². The molecule has 0 radical (unpaired) electrons. The second-order valence-corrected chi connectivity index (χ2v) is 6.44. The summed E-state index contributed by atoms with van der Waals surface area (Å²) >= 11 is 0. The summed E-state index contributed by atoms with van der Waals surface area (Å²) in [5.74, 6) is 0.803. The molecule has 116 valence electrons. The molecule has 2 aliphatic rings. The van der Waals surface area contributed by atoms with Crippen molar-refractivity contribution >= 4 is 5.69 Å². The van der Waals surface area contributed by atoms with E-state index in [1.165, 1.54) is 44.3 Å². The van der Waals surface area contributed by atoms with Crippen molar-refractivity contribution in [1.82, 2.24) is 5.32 Å². The van der Waals surface area contributed by atoms with Crippen LogP contribution in [0.1, 0.15) is 31.2 Å². The van der Waals surface area contributed by atoms with E-state index in [1.807, 2.05) is 7.05 Å². The van der Waals surface area contributed by atoms with Crippen LogP contribution in [0.4, 0.5) is 5.69 Å². The number of hydrogen-bond donors (Lipinski definition) is 1. The fraction of sp³-hybridized carbons (Fsp3) is 0.667. The zero-order valence-corrected chi connectivity index (χ0v) is 13.2. The van der Waals surface area contributed by atoms with Crippen LogP contribution in [-0.2, 0) is 11.2 Å². The van der Waals surface area contributed by atoms with Gasteiger partial charge in [-0.1, -0.05) is 18.2 Å². The van der Waals surface area contributed by atoms with Gasteiger partial charge < -0.3 is 15.0 Å². The van der Waals surface area contributed by atoms with Gasteiger partial charge in [-0.15, -0.1) is 0 Å². The van der Waals surface area contributed by atoms with Crippen LogP contribution in [0.5, 0.6) is 0 Å². The molecule has 2 aliphatic heterocycles. The smallest absolute Gasteiger partial charge is 0.0469 e. The number of rotatable bonds is 6. The molecule has 0 saturated carbocycles. The molecule has 1 aromatic rings. The molecule has 3 nitrogen and oxygen atoms in total. The number of para-hydroxylation sites is 1. The molecule has 1 aromatic carbocycles. The molecule has 0 aromatic heterocycles. The van der Waals surface area contributed by atoms with E-state index in [9.17, 15) is 0 Å². The van der Waals surface area contributed by atoms with Crippen LogP contribution in [0.2, 0.25) is 0 Å². The van der Waals surface area contributed by atoms with Gasteiger partial charge in [-0.05, 0) is 63.2 Å². The maximum Gasteiger partial charge on any atom is 0.0469 e. The summed E-state index contributed by atoms with van der Waals surface area (Å²) in [6.07, 6.45) is 6.23. The number of benzene rings is 1. The summed E-state index contributed by atoms with van der Waals surface area (Å²) < 4.78 is 5.51. The molecule has 1 atom stereocenters. The highest BCUT2D eigenvalue weighted by atomic mass is 16.5. The van der Waals surface area contributed by atoms with Gasteiger partial charge in [-0.25, -0.2) is 0 Å². The summed E-state index contributed by atoms with van der Waals surface area (Å²) in [5.41, 5.74) is 3.03. The lowest BCUT2D eigenvalue weighted by molar-refractivity contribution is 0.0678. The Morgan fingerprint density at radius 1 is 1.24 bits per heavy atom. The van der Waals surface area contributed by atoms with Crippen molar-refractivity contribution in [2.45, 2.75) is 38.1 Å². The third-order valence-corrected chi connectivity index (χ3v) is 4.96. The fourth-order valence-electron chi connectivity index (χ4n) is 3.75. The molecule has 1 fully saturated rings. The van der Waals surface area contributed by atoms with Crippen LogP contribution >= 0.6 is 0 Å². The Morgan fingerprint density at radius 3 is 2.86 bits per heavy atom. The highest BCUT2D eigenvalue weighted by Crippen LogP contribution is 2.35. The molecule has 0 aliphatic carbocycles. The number of nitrogens with one attached hydrogen (secondary N) is 1. The summed E-state index contributed by atoms with van der Waals surface area (Å²) in [5, 5.41) is 3.27. The summed E-state index contributed by atoms with van der Waals surface area (Å²) in [6, 6.07) is 9.68. The highest BCUT2D eigenvalue weighted by molar-refractivity contribution is 5.59. The Bertz CT molecular complexity index is 443. The van der Waals surface area contributed by atoms with Crippen LogP contribution in [0.25, 0.3) is 0 Å². The van der Waals surface area contributed by atoms with E-state index in [2.05, 4.69) is 34.5 Å². The van der Waals surface area contributed by atoms with Crippen molar-refractivity contribution < 1.29 is 4.74 Å². The third-order valence-electron chi connectivity index (χ3n) is 4.96. The monoisotopic (exact) mass is 288 g/mol. The average molecular weight is 288 g/mol. The van der Waals surface area contributed by atoms with Crippen molar-refractivity contribution in [2.75, 3.05) is 38.3 Å². The molecule has 1 N–H and O–H groups in total. The Morgan fingerprint density at radius 2 is 2.05 bits per heavy atom. The lowest BCUT2D eigenvalue weighted by atomic mass is 9.98. The van der Waals surface area contributed by atoms with Crippen molar-refractivity contribution in [3.63, 3.8) is 0 Å². The van der Waals surface area contributed by atoms with Gasteiger partial charge in [0.2, 0.25) is 0 Å². The Balaban J connectivity index is 1.68. The zero-order valence-electron chi connectivity index (χ0n) is 13.2. The van der Waals surface area contributed by atoms with Crippen molar-refractivity contribution in [1.29, 1.82) is 0 Å². The van der Waals surface area contributed by atoms with Crippen LogP contribution < -0.4 is 10.2 Å². The van der Waals surface area contributed by atoms with E-state index in [1.54, 1.807) is 5.56 Å². The molecule has 0 bridgehead atoms. The van der Waals surface area contributed by atoms with Crippen LogP contribution in [0, 0.1) is 5.92 Å². The molecule has 1 unspecified atom stereocenters. The molecule has 3 heteroatoms. The van der Waals surface area contributed by atoms with Crippen molar-refractivity contribution in [3.8, 4) is 0 Å². The second-order valence-electron chi connectivity index (χ2n) is 6.44. The van der Waals surface area contributed by atoms with Crippen molar-refractivity contribution in [2.24, 2.45) is 5.92 Å². The van der Waals surface area contributed by atoms with Crippen LogP contribution in [0.3, 0.4) is 0 Å². The van der Waals surface area contributed by atoms with Gasteiger partial charge in [0.25, 0.3) is 0 Å². The van der Waals surface area contributed by atoms with E-state index in [-0.39, 0.29) is 0 Å². The van der Waals surface area contributed by atoms with E-state index in [0.29, 0.717) is 6.04 Å². The van der Waals surface area contributed by atoms with Gasteiger partial charge >= 0.3 is 0 Å². The van der Waals surface area contributed by atoms with Crippen LogP contribution in [-0.4, -0.2) is 39.4 Å². The standard InChI is InChI=1S/C18H28N2O/c1-19-10-4-6-17-13-16-5-2-3-7-18(16)20(17)14-15-8-11-21-12-9-15/h2-3,5,7,15,17,19H,4,6,8-14H2,1H3. The largest absolute Gasteiger partial charge is 0.381 e. The number of nitrogens with zero attached hydrogens (tertiary/aromatic N) is 1. The second kappa shape index (κ2) is 7.28. The number of anilines is 1. The minimum absolute atomic E-state index is 0.693. The summed E-state index contributed by atoms with van der Waals surface area (Å²) in [7, 11) is 2.04. The highest BCUT2D eigenvalue weighted by Gasteiger charge is 2.30. The predicted molar refractivity (Wildman–Crippen MR) is 88.0 cm³/mol. The molecule has 0 spiro atoms. The molecule has 21 heavy (non-hydrogen) atoms. The third kappa shape index (κ3) is 3.58. The molecule has 0 amide bonds. The lowest BCUT2D eigenvalue weighted by Gasteiger charge is -2.33. The summed E-state index contributed by atoms with van der Waals surface area (Å²) in [4.78, 5) is 2.70. The van der Waals surface area contributed by atoms with Gasteiger partial charge in [0.1, 0.15) is 0 Å². The van der Waals surface area contributed by atoms with Gasteiger partial charge in [-0.2, -0.15) is 0 Å². The Hall–Kier alpha value is -1.06. The minimum Gasteiger partial charge on any atom is -0.381 e. The molecule has 1 saturated heterocycles. The van der Waals surface area contributed by atoms with Gasteiger partial charge in [-0.3, -0.25) is 0 Å². The normalized spacial score (nSPS) is 22.5. The first-order chi connectivity index (χ1) is 10.4. The van der Waals surface area contributed by atoms with Gasteiger partial charge in [0.05, 0.1) is 0 Å². The number of hydrogen-bond acceptors (Lipinski definition) is 3. The van der Waals surface area contributed by atoms with E-state index in [0.717, 1.165) is 25.7 Å². The quantitative estimate of drug-likeness (QED) is 0.815. The van der Waals surface area contributed by atoms with E-state index >= 15 is 0 Å². The first-order valence-corrected chi connectivity index (χ1v) is 8.45. The fourth-order valence-corrected chi connectivity index (χ4v) is 3.75. The molecular weight excluding hydrogens is 260 g/mol. The summed E-state index contributed by atoms with van der Waals surface area (Å²) in [6.45, 7) is 4.23. The number of ether oxygens (including phenoxy) is 1. The van der Waals surface area contributed by atoms with E-state index in [4.69, 9.17) is 4.74 Å². The molecular formula is C18H28N2O. The maximum atomic E-state index is 5.51. The first kappa shape index (κ1) is 14.9. The zero-order chi connectivity index (χ0) is 14.5. The molecule has 3 rings (SSSR count). The lowest BCUT2D eigenvalue weighted by Crippen LogP contribution is -2.38. The Labute approximate surface area is 128 Å². The average Bonchev–Trinajstić information content (AvgIpc) is 2.87. The first-order valence-electron chi connectivity index (χ1n) is 8.45. The van der Waals surface area contributed by atoms with Crippen molar-refractivity contribution in [3.05, 3.63) is 29.8 Å². The number of fused-ring (bicyclic) bond motifs is 1. The van der Waals surface area contributed by atoms with Crippen LogP contribution in [0.15, 0.2) is 24.3 Å².